The molecule has 2 aliphatic rings. The van der Waals surface area contributed by atoms with Gasteiger partial charge in [-0.1, -0.05) is 61.0 Å². The first-order valence-corrected chi connectivity index (χ1v) is 8.77. The number of nitrogens with zero attached hydrogens (tertiary/aromatic N) is 1. The molecule has 3 heteroatoms. The minimum absolute atomic E-state index is 0.0630. The first-order chi connectivity index (χ1) is 11.2. The normalized spacial score (nSPS) is 26.8. The van der Waals surface area contributed by atoms with Gasteiger partial charge in [-0.3, -0.25) is 4.90 Å². The molecule has 120 valence electrons. The Bertz CT molecular complexity index is 702. The van der Waals surface area contributed by atoms with Gasteiger partial charge in [-0.15, -0.1) is 0 Å². The van der Waals surface area contributed by atoms with Crippen LogP contribution < -0.4 is 0 Å². The van der Waals surface area contributed by atoms with Crippen LogP contribution in [0.25, 0.3) is 0 Å². The molecule has 0 amide bonds. The van der Waals surface area contributed by atoms with Crippen LogP contribution in [0.15, 0.2) is 48.5 Å². The third-order valence-electron chi connectivity index (χ3n) is 5.45. The molecule has 0 aliphatic carbocycles. The van der Waals surface area contributed by atoms with Crippen LogP contribution >= 0.6 is 11.6 Å². The SMILES string of the molecule is CCC12CN(Cc3ccccc3)CC1c1cccc(Cl)c1CO2. The summed E-state index contributed by atoms with van der Waals surface area (Å²) in [5.74, 6) is 0.415. The Labute approximate surface area is 143 Å². The molecule has 2 aromatic rings. The molecule has 1 saturated heterocycles. The second-order valence-electron chi connectivity index (χ2n) is 6.72. The van der Waals surface area contributed by atoms with Crippen molar-refractivity contribution in [2.75, 3.05) is 13.1 Å². The van der Waals surface area contributed by atoms with E-state index in [0.29, 0.717) is 12.5 Å². The van der Waals surface area contributed by atoms with Crippen molar-refractivity contribution in [3.05, 3.63) is 70.2 Å². The summed E-state index contributed by atoms with van der Waals surface area (Å²) in [4.78, 5) is 2.53. The van der Waals surface area contributed by atoms with Crippen molar-refractivity contribution in [3.63, 3.8) is 0 Å². The molecule has 0 radical (unpaired) electrons. The quantitative estimate of drug-likeness (QED) is 0.815. The summed E-state index contributed by atoms with van der Waals surface area (Å²) >= 11 is 6.39. The lowest BCUT2D eigenvalue weighted by atomic mass is 9.79. The van der Waals surface area contributed by atoms with E-state index < -0.39 is 0 Å². The first-order valence-electron chi connectivity index (χ1n) is 8.39. The van der Waals surface area contributed by atoms with Crippen LogP contribution in [0, 0.1) is 0 Å². The Morgan fingerprint density at radius 3 is 2.78 bits per heavy atom. The molecular formula is C20H22ClNO. The van der Waals surface area contributed by atoms with Crippen molar-refractivity contribution >= 4 is 11.6 Å². The number of halogens is 1. The monoisotopic (exact) mass is 327 g/mol. The van der Waals surface area contributed by atoms with E-state index in [4.69, 9.17) is 16.3 Å². The number of benzene rings is 2. The van der Waals surface area contributed by atoms with Gasteiger partial charge in [0.1, 0.15) is 0 Å². The van der Waals surface area contributed by atoms with E-state index in [2.05, 4.69) is 54.3 Å². The largest absolute Gasteiger partial charge is 0.368 e. The maximum Gasteiger partial charge on any atom is 0.0891 e. The van der Waals surface area contributed by atoms with E-state index in [0.717, 1.165) is 31.1 Å². The van der Waals surface area contributed by atoms with Gasteiger partial charge >= 0.3 is 0 Å². The molecule has 2 atom stereocenters. The third kappa shape index (κ3) is 2.59. The fourth-order valence-electron chi connectivity index (χ4n) is 4.20. The summed E-state index contributed by atoms with van der Waals surface area (Å²) in [5.41, 5.74) is 3.88. The molecule has 0 aromatic heterocycles. The van der Waals surface area contributed by atoms with Crippen molar-refractivity contribution in [2.24, 2.45) is 0 Å². The highest BCUT2D eigenvalue weighted by molar-refractivity contribution is 6.31. The predicted molar refractivity (Wildman–Crippen MR) is 93.7 cm³/mol. The van der Waals surface area contributed by atoms with Crippen LogP contribution in [0.1, 0.15) is 36.0 Å². The molecule has 0 N–H and O–H groups in total. The Morgan fingerprint density at radius 2 is 2.00 bits per heavy atom. The molecule has 0 spiro atoms. The maximum atomic E-state index is 6.39. The van der Waals surface area contributed by atoms with E-state index in [1.54, 1.807) is 0 Å². The topological polar surface area (TPSA) is 12.5 Å². The average molecular weight is 328 g/mol. The second-order valence-corrected chi connectivity index (χ2v) is 7.13. The molecule has 2 unspecified atom stereocenters. The second kappa shape index (κ2) is 5.94. The number of ether oxygens (including phenoxy) is 1. The highest BCUT2D eigenvalue weighted by Gasteiger charge is 2.50. The third-order valence-corrected chi connectivity index (χ3v) is 5.80. The Morgan fingerprint density at radius 1 is 1.17 bits per heavy atom. The van der Waals surface area contributed by atoms with Gasteiger partial charge in [0.2, 0.25) is 0 Å². The van der Waals surface area contributed by atoms with Crippen molar-refractivity contribution in [3.8, 4) is 0 Å². The van der Waals surface area contributed by atoms with Crippen LogP contribution in [0.4, 0.5) is 0 Å². The van der Waals surface area contributed by atoms with Gasteiger partial charge in [0.05, 0.1) is 12.2 Å². The van der Waals surface area contributed by atoms with Crippen LogP contribution in [-0.2, 0) is 17.9 Å². The van der Waals surface area contributed by atoms with Gasteiger partial charge in [-0.2, -0.15) is 0 Å². The number of fused-ring (bicyclic) bond motifs is 3. The van der Waals surface area contributed by atoms with E-state index >= 15 is 0 Å². The smallest absolute Gasteiger partial charge is 0.0891 e. The summed E-state index contributed by atoms with van der Waals surface area (Å²) in [6.45, 7) is 5.90. The summed E-state index contributed by atoms with van der Waals surface area (Å²) < 4.78 is 6.39. The maximum absolute atomic E-state index is 6.39. The zero-order valence-electron chi connectivity index (χ0n) is 13.5. The van der Waals surface area contributed by atoms with Gasteiger partial charge in [0.15, 0.2) is 0 Å². The standard InChI is InChI=1S/C20H22ClNO/c1-2-20-14-22(11-15-7-4-3-5-8-15)12-18(20)16-9-6-10-19(21)17(16)13-23-20/h3-10,18H,2,11-14H2,1H3. The van der Waals surface area contributed by atoms with Crippen LogP contribution in [0.3, 0.4) is 0 Å². The van der Waals surface area contributed by atoms with E-state index in [-0.39, 0.29) is 5.60 Å². The van der Waals surface area contributed by atoms with Crippen molar-refractivity contribution in [1.29, 1.82) is 0 Å². The minimum atomic E-state index is -0.0630. The number of hydrogen-bond donors (Lipinski definition) is 0. The van der Waals surface area contributed by atoms with Gasteiger partial charge in [-0.05, 0) is 29.2 Å². The summed E-state index contributed by atoms with van der Waals surface area (Å²) in [7, 11) is 0. The molecule has 0 bridgehead atoms. The van der Waals surface area contributed by atoms with Crippen molar-refractivity contribution in [1.82, 2.24) is 4.90 Å². The Hall–Kier alpha value is -1.35. The molecule has 2 heterocycles. The zero-order valence-corrected chi connectivity index (χ0v) is 14.2. The van der Waals surface area contributed by atoms with Crippen molar-refractivity contribution < 1.29 is 4.74 Å². The zero-order chi connectivity index (χ0) is 15.9. The molecule has 2 aliphatic heterocycles. The van der Waals surface area contributed by atoms with Gasteiger partial charge in [0, 0.05) is 30.6 Å². The molecule has 1 fully saturated rings. The highest BCUT2D eigenvalue weighted by Crippen LogP contribution is 2.47. The van der Waals surface area contributed by atoms with Crippen LogP contribution in [-0.4, -0.2) is 23.6 Å². The van der Waals surface area contributed by atoms with Crippen LogP contribution in [0.5, 0.6) is 0 Å². The molecule has 2 nitrogen and oxygen atoms in total. The fourth-order valence-corrected chi connectivity index (χ4v) is 4.43. The Kier molecular flexibility index (Phi) is 3.92. The van der Waals surface area contributed by atoms with E-state index in [1.807, 2.05) is 6.07 Å². The lowest BCUT2D eigenvalue weighted by molar-refractivity contribution is -0.0727. The molecule has 4 rings (SSSR count). The minimum Gasteiger partial charge on any atom is -0.368 e. The summed E-state index contributed by atoms with van der Waals surface area (Å²) in [6.07, 6.45) is 1.04. The summed E-state index contributed by atoms with van der Waals surface area (Å²) in [5, 5.41) is 0.841. The van der Waals surface area contributed by atoms with Crippen molar-refractivity contribution in [2.45, 2.75) is 38.0 Å². The Balaban J connectivity index is 1.64. The lowest BCUT2D eigenvalue weighted by Gasteiger charge is -2.39. The molecule has 2 aromatic carbocycles. The molecule has 23 heavy (non-hydrogen) atoms. The first kappa shape index (κ1) is 15.2. The van der Waals surface area contributed by atoms with Gasteiger partial charge in [0.25, 0.3) is 0 Å². The molecule has 0 saturated carbocycles. The number of hydrogen-bond acceptors (Lipinski definition) is 2. The number of rotatable bonds is 3. The average Bonchev–Trinajstić information content (AvgIpc) is 2.95. The predicted octanol–water partition coefficient (Wildman–Crippen LogP) is 4.62. The van der Waals surface area contributed by atoms with E-state index in [9.17, 15) is 0 Å². The lowest BCUT2D eigenvalue weighted by Crippen LogP contribution is -2.42. The fraction of sp³-hybridized carbons (Fsp3) is 0.400. The summed E-state index contributed by atoms with van der Waals surface area (Å²) in [6, 6.07) is 17.0. The van der Waals surface area contributed by atoms with Crippen LogP contribution in [0.2, 0.25) is 5.02 Å². The highest BCUT2D eigenvalue weighted by atomic mass is 35.5. The number of likely N-dealkylation sites (tertiary alicyclic amines) is 1. The molecular weight excluding hydrogens is 306 g/mol. The van der Waals surface area contributed by atoms with E-state index in [1.165, 1.54) is 16.7 Å². The van der Waals surface area contributed by atoms with Gasteiger partial charge < -0.3 is 4.74 Å². The van der Waals surface area contributed by atoms with Gasteiger partial charge in [-0.25, -0.2) is 0 Å².